The number of aliphatic hydroxyl groups excluding tert-OH is 1. The van der Waals surface area contributed by atoms with E-state index in [0.29, 0.717) is 16.3 Å². The van der Waals surface area contributed by atoms with Gasteiger partial charge < -0.3 is 5.11 Å². The Kier molecular flexibility index (Phi) is 5.09. The van der Waals surface area contributed by atoms with Gasteiger partial charge >= 0.3 is 6.18 Å². The zero-order chi connectivity index (χ0) is 19.6. The minimum absolute atomic E-state index is 0.0803. The molecule has 4 nitrogen and oxygen atoms in total. The molecule has 1 unspecified atom stereocenters. The summed E-state index contributed by atoms with van der Waals surface area (Å²) in [6, 6.07) is 14.0. The Morgan fingerprint density at radius 3 is 2.30 bits per heavy atom. The maximum Gasteiger partial charge on any atom is 0.421 e. The van der Waals surface area contributed by atoms with Crippen LogP contribution in [-0.4, -0.2) is 14.9 Å². The Morgan fingerprint density at radius 1 is 1.04 bits per heavy atom. The molecule has 3 rings (SSSR count). The summed E-state index contributed by atoms with van der Waals surface area (Å²) in [6.07, 6.45) is -6.43. The van der Waals surface area contributed by atoms with Crippen LogP contribution in [0.5, 0.6) is 0 Å². The van der Waals surface area contributed by atoms with Gasteiger partial charge in [0.25, 0.3) is 5.56 Å². The number of hydrogen-bond acceptors (Lipinski definition) is 3. The van der Waals surface area contributed by atoms with Gasteiger partial charge in [-0.25, -0.2) is 9.07 Å². The van der Waals surface area contributed by atoms with Crippen LogP contribution in [0.1, 0.15) is 17.2 Å². The average Bonchev–Trinajstić information content (AvgIpc) is 2.63. The first-order chi connectivity index (χ1) is 12.8. The molecule has 0 fully saturated rings. The van der Waals surface area contributed by atoms with Crippen molar-refractivity contribution in [1.29, 1.82) is 0 Å². The maximum absolute atomic E-state index is 13.8. The van der Waals surface area contributed by atoms with Gasteiger partial charge in [-0.3, -0.25) is 4.79 Å². The minimum atomic E-state index is -4.89. The van der Waals surface area contributed by atoms with E-state index in [0.717, 1.165) is 6.07 Å². The molecule has 8 heteroatoms. The lowest BCUT2D eigenvalue weighted by molar-refractivity contribution is -0.139. The van der Waals surface area contributed by atoms with E-state index in [1.54, 1.807) is 30.3 Å². The Morgan fingerprint density at radius 2 is 1.67 bits per heavy atom. The highest BCUT2D eigenvalue weighted by molar-refractivity contribution is 5.59. The number of rotatable bonds is 4. The highest BCUT2D eigenvalue weighted by Gasteiger charge is 2.36. The fraction of sp³-hybridized carbons (Fsp3) is 0.158. The van der Waals surface area contributed by atoms with E-state index in [-0.39, 0.29) is 11.3 Å². The predicted octanol–water partition coefficient (Wildman–Crippen LogP) is 3.80. The molecule has 1 N–H and O–H groups in total. The molecule has 0 aliphatic rings. The molecule has 0 bridgehead atoms. The molecular formula is C19H14F4N2O2. The third kappa shape index (κ3) is 4.06. The van der Waals surface area contributed by atoms with Crippen molar-refractivity contribution >= 4 is 0 Å². The van der Waals surface area contributed by atoms with Crippen LogP contribution in [-0.2, 0) is 12.7 Å². The number of halogens is 4. The van der Waals surface area contributed by atoms with Crippen LogP contribution in [0.25, 0.3) is 11.3 Å². The monoisotopic (exact) mass is 378 g/mol. The number of aliphatic hydroxyl groups is 1. The van der Waals surface area contributed by atoms with Gasteiger partial charge in [0.15, 0.2) is 0 Å². The quantitative estimate of drug-likeness (QED) is 0.703. The van der Waals surface area contributed by atoms with Gasteiger partial charge in [0.2, 0.25) is 0 Å². The molecule has 0 aliphatic heterocycles. The summed E-state index contributed by atoms with van der Waals surface area (Å²) in [7, 11) is 0. The van der Waals surface area contributed by atoms with E-state index in [2.05, 4.69) is 5.10 Å². The van der Waals surface area contributed by atoms with Crippen LogP contribution in [0.2, 0.25) is 0 Å². The third-order valence-corrected chi connectivity index (χ3v) is 3.96. The predicted molar refractivity (Wildman–Crippen MR) is 90.3 cm³/mol. The summed E-state index contributed by atoms with van der Waals surface area (Å²) in [5, 5.41) is 14.1. The van der Waals surface area contributed by atoms with Crippen molar-refractivity contribution in [2.75, 3.05) is 0 Å². The fourth-order valence-corrected chi connectivity index (χ4v) is 2.63. The molecule has 140 valence electrons. The molecule has 1 atom stereocenters. The van der Waals surface area contributed by atoms with Crippen molar-refractivity contribution in [3.63, 3.8) is 0 Å². The van der Waals surface area contributed by atoms with Crippen molar-refractivity contribution < 1.29 is 22.7 Å². The number of alkyl halides is 3. The Balaban J connectivity index is 2.09. The Hall–Kier alpha value is -3.00. The summed E-state index contributed by atoms with van der Waals surface area (Å²) in [4.78, 5) is 12.2. The zero-order valence-corrected chi connectivity index (χ0v) is 13.8. The average molecular weight is 378 g/mol. The fourth-order valence-electron chi connectivity index (χ4n) is 2.63. The summed E-state index contributed by atoms with van der Waals surface area (Å²) in [5.41, 5.74) is -2.65. The summed E-state index contributed by atoms with van der Waals surface area (Å²) in [5.74, 6) is -0.728. The Bertz CT molecular complexity index is 1000. The molecule has 0 saturated heterocycles. The largest absolute Gasteiger partial charge is 0.421 e. The lowest BCUT2D eigenvalue weighted by Crippen LogP contribution is -2.32. The van der Waals surface area contributed by atoms with Crippen LogP contribution in [0.4, 0.5) is 17.6 Å². The maximum atomic E-state index is 13.8. The SMILES string of the molecule is O=c1c(C(F)(F)F)cc(-c2ccccc2)nn1CC(O)c1ccccc1F. The number of nitrogens with zero attached hydrogens (tertiary/aromatic N) is 2. The second-order valence-electron chi connectivity index (χ2n) is 5.83. The molecule has 2 aromatic carbocycles. The molecule has 1 heterocycles. The van der Waals surface area contributed by atoms with E-state index in [1.807, 2.05) is 0 Å². The van der Waals surface area contributed by atoms with Crippen molar-refractivity contribution in [3.05, 3.63) is 88.0 Å². The Labute approximate surface area is 151 Å². The summed E-state index contributed by atoms with van der Waals surface area (Å²) >= 11 is 0. The van der Waals surface area contributed by atoms with E-state index in [1.165, 1.54) is 18.2 Å². The van der Waals surface area contributed by atoms with Gasteiger partial charge in [-0.15, -0.1) is 0 Å². The van der Waals surface area contributed by atoms with Gasteiger partial charge in [0.1, 0.15) is 17.5 Å². The van der Waals surface area contributed by atoms with Gasteiger partial charge in [0, 0.05) is 11.1 Å². The molecule has 3 aromatic rings. The molecule has 0 amide bonds. The summed E-state index contributed by atoms with van der Waals surface area (Å²) in [6.45, 7) is -0.622. The molecular weight excluding hydrogens is 364 g/mol. The van der Waals surface area contributed by atoms with E-state index in [9.17, 15) is 27.5 Å². The van der Waals surface area contributed by atoms with Gasteiger partial charge in [0.05, 0.1) is 12.2 Å². The highest BCUT2D eigenvalue weighted by Crippen LogP contribution is 2.29. The molecule has 0 radical (unpaired) electrons. The third-order valence-electron chi connectivity index (χ3n) is 3.96. The molecule has 0 saturated carbocycles. The van der Waals surface area contributed by atoms with Crippen molar-refractivity contribution in [1.82, 2.24) is 9.78 Å². The molecule has 27 heavy (non-hydrogen) atoms. The molecule has 0 spiro atoms. The zero-order valence-electron chi connectivity index (χ0n) is 13.8. The van der Waals surface area contributed by atoms with E-state index >= 15 is 0 Å². The first-order valence-electron chi connectivity index (χ1n) is 7.94. The van der Waals surface area contributed by atoms with E-state index < -0.39 is 35.8 Å². The highest BCUT2D eigenvalue weighted by atomic mass is 19.4. The van der Waals surface area contributed by atoms with Gasteiger partial charge in [-0.1, -0.05) is 48.5 Å². The summed E-state index contributed by atoms with van der Waals surface area (Å²) < 4.78 is 54.2. The van der Waals surface area contributed by atoms with Crippen LogP contribution < -0.4 is 5.56 Å². The molecule has 0 aliphatic carbocycles. The van der Waals surface area contributed by atoms with Crippen molar-refractivity contribution in [3.8, 4) is 11.3 Å². The van der Waals surface area contributed by atoms with Crippen LogP contribution in [0.15, 0.2) is 65.5 Å². The first kappa shape index (κ1) is 18.8. The van der Waals surface area contributed by atoms with Gasteiger partial charge in [-0.05, 0) is 12.1 Å². The van der Waals surface area contributed by atoms with Crippen LogP contribution in [0.3, 0.4) is 0 Å². The topological polar surface area (TPSA) is 55.1 Å². The standard InChI is InChI=1S/C19H14F4N2O2/c20-15-9-5-4-8-13(15)17(26)11-25-18(27)14(19(21,22)23)10-16(24-25)12-6-2-1-3-7-12/h1-10,17,26H,11H2. The second kappa shape index (κ2) is 7.32. The lowest BCUT2D eigenvalue weighted by atomic mass is 10.1. The lowest BCUT2D eigenvalue weighted by Gasteiger charge is -2.16. The van der Waals surface area contributed by atoms with Crippen LogP contribution >= 0.6 is 0 Å². The van der Waals surface area contributed by atoms with Crippen molar-refractivity contribution in [2.24, 2.45) is 0 Å². The number of benzene rings is 2. The number of aromatic nitrogens is 2. The van der Waals surface area contributed by atoms with Gasteiger partial charge in [-0.2, -0.15) is 18.3 Å². The van der Waals surface area contributed by atoms with E-state index in [4.69, 9.17) is 0 Å². The molecule has 1 aromatic heterocycles. The first-order valence-corrected chi connectivity index (χ1v) is 7.94. The number of hydrogen-bond donors (Lipinski definition) is 1. The smallest absolute Gasteiger partial charge is 0.386 e. The normalized spacial score (nSPS) is 12.8. The second-order valence-corrected chi connectivity index (χ2v) is 5.83. The van der Waals surface area contributed by atoms with Crippen LogP contribution in [0, 0.1) is 5.82 Å². The van der Waals surface area contributed by atoms with Crippen molar-refractivity contribution in [2.45, 2.75) is 18.8 Å². The minimum Gasteiger partial charge on any atom is -0.386 e.